The summed E-state index contributed by atoms with van der Waals surface area (Å²) in [6, 6.07) is 19.4. The van der Waals surface area contributed by atoms with Crippen molar-refractivity contribution in [2.45, 2.75) is 13.0 Å². The highest BCUT2D eigenvalue weighted by atomic mass is 19.1. The van der Waals surface area contributed by atoms with Crippen molar-refractivity contribution in [3.05, 3.63) is 83.7 Å². The summed E-state index contributed by atoms with van der Waals surface area (Å²) in [7, 11) is 0. The van der Waals surface area contributed by atoms with E-state index in [-0.39, 0.29) is 18.1 Å². The molecule has 0 spiro atoms. The van der Waals surface area contributed by atoms with E-state index >= 15 is 0 Å². The van der Waals surface area contributed by atoms with Crippen molar-refractivity contribution in [3.8, 4) is 11.5 Å². The van der Waals surface area contributed by atoms with Gasteiger partial charge in [-0.05, 0) is 53.6 Å². The molecule has 0 fully saturated rings. The number of halogens is 1. The molecule has 29 heavy (non-hydrogen) atoms. The zero-order valence-corrected chi connectivity index (χ0v) is 15.8. The SMILES string of the molecule is O=C(Cc1ccc(NCc2ccc3c(c2)OCCO3)cc1)Nc1cccc(F)c1. The highest BCUT2D eigenvalue weighted by molar-refractivity contribution is 5.92. The van der Waals surface area contributed by atoms with Crippen LogP contribution in [-0.2, 0) is 17.8 Å². The maximum atomic E-state index is 13.2. The maximum Gasteiger partial charge on any atom is 0.228 e. The quantitative estimate of drug-likeness (QED) is 0.653. The van der Waals surface area contributed by atoms with Gasteiger partial charge in [-0.15, -0.1) is 0 Å². The van der Waals surface area contributed by atoms with Gasteiger partial charge in [0.25, 0.3) is 0 Å². The van der Waals surface area contributed by atoms with E-state index in [9.17, 15) is 9.18 Å². The monoisotopic (exact) mass is 392 g/mol. The summed E-state index contributed by atoms with van der Waals surface area (Å²) in [5.74, 6) is 0.986. The molecule has 0 unspecified atom stereocenters. The van der Waals surface area contributed by atoms with Crippen molar-refractivity contribution in [2.75, 3.05) is 23.8 Å². The highest BCUT2D eigenvalue weighted by Crippen LogP contribution is 2.31. The Morgan fingerprint density at radius 2 is 1.62 bits per heavy atom. The van der Waals surface area contributed by atoms with E-state index in [0.717, 1.165) is 28.3 Å². The van der Waals surface area contributed by atoms with Gasteiger partial charge in [-0.25, -0.2) is 4.39 Å². The number of benzene rings is 3. The zero-order valence-electron chi connectivity index (χ0n) is 15.8. The third kappa shape index (κ3) is 5.04. The van der Waals surface area contributed by atoms with Crippen molar-refractivity contribution in [1.29, 1.82) is 0 Å². The largest absolute Gasteiger partial charge is 0.486 e. The molecule has 0 bridgehead atoms. The molecule has 0 aliphatic carbocycles. The van der Waals surface area contributed by atoms with Gasteiger partial charge in [0.05, 0.1) is 6.42 Å². The molecule has 0 radical (unpaired) electrons. The van der Waals surface area contributed by atoms with Crippen LogP contribution in [0.2, 0.25) is 0 Å². The minimum absolute atomic E-state index is 0.187. The van der Waals surface area contributed by atoms with E-state index in [1.807, 2.05) is 42.5 Å². The summed E-state index contributed by atoms with van der Waals surface area (Å²) in [4.78, 5) is 12.1. The van der Waals surface area contributed by atoms with Crippen molar-refractivity contribution >= 4 is 17.3 Å². The van der Waals surface area contributed by atoms with Gasteiger partial charge >= 0.3 is 0 Å². The standard InChI is InChI=1S/C23H21FN2O3/c24-18-2-1-3-20(14-18)26-23(27)13-16-4-7-19(8-5-16)25-15-17-6-9-21-22(12-17)29-11-10-28-21/h1-9,12,14,25H,10-11,13,15H2,(H,26,27). The average molecular weight is 392 g/mol. The Morgan fingerprint density at radius 3 is 2.41 bits per heavy atom. The number of hydrogen-bond donors (Lipinski definition) is 2. The molecular weight excluding hydrogens is 371 g/mol. The number of fused-ring (bicyclic) bond motifs is 1. The van der Waals surface area contributed by atoms with Crippen LogP contribution >= 0.6 is 0 Å². The normalized spacial score (nSPS) is 12.3. The Hall–Kier alpha value is -3.54. The Morgan fingerprint density at radius 1 is 0.862 bits per heavy atom. The molecule has 0 saturated heterocycles. The van der Waals surface area contributed by atoms with Gasteiger partial charge in [0.2, 0.25) is 5.91 Å². The predicted octanol–water partition coefficient (Wildman–Crippen LogP) is 4.39. The van der Waals surface area contributed by atoms with Gasteiger partial charge in [0, 0.05) is 17.9 Å². The molecule has 3 aromatic rings. The van der Waals surface area contributed by atoms with E-state index in [1.54, 1.807) is 12.1 Å². The fourth-order valence-electron chi connectivity index (χ4n) is 3.10. The van der Waals surface area contributed by atoms with Crippen molar-refractivity contribution in [3.63, 3.8) is 0 Å². The number of rotatable bonds is 6. The Kier molecular flexibility index (Phi) is 5.61. The lowest BCUT2D eigenvalue weighted by Gasteiger charge is -2.19. The minimum atomic E-state index is -0.378. The van der Waals surface area contributed by atoms with E-state index in [2.05, 4.69) is 10.6 Å². The van der Waals surface area contributed by atoms with Crippen molar-refractivity contribution in [1.82, 2.24) is 0 Å². The number of hydrogen-bond acceptors (Lipinski definition) is 4. The van der Waals surface area contributed by atoms with Gasteiger partial charge < -0.3 is 20.1 Å². The first-order valence-electron chi connectivity index (χ1n) is 9.42. The predicted molar refractivity (Wildman–Crippen MR) is 110 cm³/mol. The summed E-state index contributed by atoms with van der Waals surface area (Å²) in [6.07, 6.45) is 0.221. The fourth-order valence-corrected chi connectivity index (χ4v) is 3.10. The first kappa shape index (κ1) is 18.8. The van der Waals surface area contributed by atoms with Crippen LogP contribution in [0.4, 0.5) is 15.8 Å². The molecule has 3 aromatic carbocycles. The first-order chi connectivity index (χ1) is 14.2. The first-order valence-corrected chi connectivity index (χ1v) is 9.42. The van der Waals surface area contributed by atoms with E-state index in [0.29, 0.717) is 25.4 Å². The van der Waals surface area contributed by atoms with Crippen LogP contribution in [-0.4, -0.2) is 19.1 Å². The molecule has 0 saturated carbocycles. The molecule has 5 nitrogen and oxygen atoms in total. The maximum absolute atomic E-state index is 13.2. The van der Waals surface area contributed by atoms with Crippen LogP contribution in [0.15, 0.2) is 66.7 Å². The second-order valence-corrected chi connectivity index (χ2v) is 6.76. The molecule has 1 heterocycles. The van der Waals surface area contributed by atoms with Crippen LogP contribution < -0.4 is 20.1 Å². The lowest BCUT2D eigenvalue weighted by atomic mass is 10.1. The lowest BCUT2D eigenvalue weighted by molar-refractivity contribution is -0.115. The minimum Gasteiger partial charge on any atom is -0.486 e. The molecule has 0 atom stereocenters. The Bertz CT molecular complexity index is 1010. The number of nitrogens with one attached hydrogen (secondary N) is 2. The topological polar surface area (TPSA) is 59.6 Å². The third-order valence-corrected chi connectivity index (χ3v) is 4.53. The van der Waals surface area contributed by atoms with Gasteiger partial charge in [-0.3, -0.25) is 4.79 Å². The number of carbonyl (C=O) groups is 1. The van der Waals surface area contributed by atoms with Crippen LogP contribution in [0.25, 0.3) is 0 Å². The lowest BCUT2D eigenvalue weighted by Crippen LogP contribution is -2.15. The van der Waals surface area contributed by atoms with Gasteiger partial charge in [0.15, 0.2) is 11.5 Å². The second-order valence-electron chi connectivity index (χ2n) is 6.76. The van der Waals surface area contributed by atoms with E-state index in [1.165, 1.54) is 12.1 Å². The van der Waals surface area contributed by atoms with Gasteiger partial charge in [-0.2, -0.15) is 0 Å². The molecule has 1 aliphatic rings. The number of ether oxygens (including phenoxy) is 2. The van der Waals surface area contributed by atoms with E-state index in [4.69, 9.17) is 9.47 Å². The number of amides is 1. The molecule has 148 valence electrons. The van der Waals surface area contributed by atoms with Crippen LogP contribution in [0.5, 0.6) is 11.5 Å². The molecule has 4 rings (SSSR count). The van der Waals surface area contributed by atoms with Crippen LogP contribution in [0.3, 0.4) is 0 Å². The van der Waals surface area contributed by atoms with Crippen LogP contribution in [0, 0.1) is 5.82 Å². The van der Waals surface area contributed by atoms with Crippen molar-refractivity contribution < 1.29 is 18.7 Å². The van der Waals surface area contributed by atoms with Crippen LogP contribution in [0.1, 0.15) is 11.1 Å². The Labute approximate surface area is 168 Å². The van der Waals surface area contributed by atoms with E-state index < -0.39 is 0 Å². The van der Waals surface area contributed by atoms with Gasteiger partial charge in [-0.1, -0.05) is 24.3 Å². The Balaban J connectivity index is 1.30. The summed E-state index contributed by atoms with van der Waals surface area (Å²) >= 11 is 0. The molecule has 1 amide bonds. The molecule has 1 aliphatic heterocycles. The molecular formula is C23H21FN2O3. The number of carbonyl (C=O) groups excluding carboxylic acids is 1. The zero-order chi connectivity index (χ0) is 20.1. The summed E-state index contributed by atoms with van der Waals surface area (Å²) in [5.41, 5.74) is 3.37. The second kappa shape index (κ2) is 8.65. The number of anilines is 2. The fraction of sp³-hybridized carbons (Fsp3) is 0.174. The third-order valence-electron chi connectivity index (χ3n) is 4.53. The summed E-state index contributed by atoms with van der Waals surface area (Å²) in [5, 5.41) is 6.06. The van der Waals surface area contributed by atoms with Crippen molar-refractivity contribution in [2.24, 2.45) is 0 Å². The highest BCUT2D eigenvalue weighted by Gasteiger charge is 2.11. The summed E-state index contributed by atoms with van der Waals surface area (Å²) < 4.78 is 24.3. The molecule has 2 N–H and O–H groups in total. The van der Waals surface area contributed by atoms with Gasteiger partial charge in [0.1, 0.15) is 19.0 Å². The average Bonchev–Trinajstić information content (AvgIpc) is 2.73. The molecule has 6 heteroatoms. The smallest absolute Gasteiger partial charge is 0.228 e. The molecule has 0 aromatic heterocycles. The summed E-state index contributed by atoms with van der Waals surface area (Å²) in [6.45, 7) is 1.80.